The molecule has 1 aliphatic rings. The second-order valence-corrected chi connectivity index (χ2v) is 4.03. The third kappa shape index (κ3) is 2.65. The van der Waals surface area contributed by atoms with Crippen LogP contribution in [0.15, 0.2) is 12.3 Å². The molecule has 4 nitrogen and oxygen atoms in total. The van der Waals surface area contributed by atoms with Crippen LogP contribution >= 0.6 is 0 Å². The number of likely N-dealkylation sites (N-methyl/N-ethyl adjacent to an activating group) is 1. The molecule has 82 valence electrons. The molecular formula is C11H17N3O. The van der Waals surface area contributed by atoms with Gasteiger partial charge in [0.2, 0.25) is 5.88 Å². The first-order valence-corrected chi connectivity index (χ1v) is 5.38. The van der Waals surface area contributed by atoms with Gasteiger partial charge in [0.25, 0.3) is 0 Å². The van der Waals surface area contributed by atoms with E-state index < -0.39 is 0 Å². The fourth-order valence-corrected chi connectivity index (χ4v) is 1.89. The molecule has 2 heterocycles. The van der Waals surface area contributed by atoms with Crippen LogP contribution in [0, 0.1) is 6.92 Å². The monoisotopic (exact) mass is 207 g/mol. The lowest BCUT2D eigenvalue weighted by atomic mass is 10.2. The summed E-state index contributed by atoms with van der Waals surface area (Å²) in [5, 5.41) is 0. The fraction of sp³-hybridized carbons (Fsp3) is 0.636. The minimum absolute atomic E-state index is 0.542. The fourth-order valence-electron chi connectivity index (χ4n) is 1.89. The topological polar surface area (TPSA) is 38.2 Å². The molecule has 2 rings (SSSR count). The van der Waals surface area contributed by atoms with Gasteiger partial charge in [0.15, 0.2) is 0 Å². The Morgan fingerprint density at radius 1 is 1.60 bits per heavy atom. The Balaban J connectivity index is 1.87. The Morgan fingerprint density at radius 2 is 2.47 bits per heavy atom. The highest BCUT2D eigenvalue weighted by Gasteiger charge is 2.21. The Morgan fingerprint density at radius 3 is 3.13 bits per heavy atom. The molecule has 1 saturated heterocycles. The standard InChI is InChI=1S/C11H17N3O/c1-9-12-6-5-11(13-9)15-8-10-4-3-7-14(10)2/h5-6,10H,3-4,7-8H2,1-2H3. The summed E-state index contributed by atoms with van der Waals surface area (Å²) in [6.45, 7) is 3.78. The largest absolute Gasteiger partial charge is 0.476 e. The van der Waals surface area contributed by atoms with Crippen LogP contribution in [0.3, 0.4) is 0 Å². The van der Waals surface area contributed by atoms with E-state index in [2.05, 4.69) is 21.9 Å². The molecule has 1 aliphatic heterocycles. The van der Waals surface area contributed by atoms with Crippen molar-refractivity contribution in [1.29, 1.82) is 0 Å². The van der Waals surface area contributed by atoms with Crippen LogP contribution < -0.4 is 4.74 Å². The van der Waals surface area contributed by atoms with Gasteiger partial charge in [-0.3, -0.25) is 0 Å². The van der Waals surface area contributed by atoms with Crippen LogP contribution in [0.2, 0.25) is 0 Å². The van der Waals surface area contributed by atoms with Crippen molar-refractivity contribution in [2.75, 3.05) is 20.2 Å². The Bertz CT molecular complexity index is 329. The van der Waals surface area contributed by atoms with Crippen LogP contribution in [0.4, 0.5) is 0 Å². The van der Waals surface area contributed by atoms with Gasteiger partial charge < -0.3 is 9.64 Å². The van der Waals surface area contributed by atoms with Gasteiger partial charge >= 0.3 is 0 Å². The molecule has 15 heavy (non-hydrogen) atoms. The smallest absolute Gasteiger partial charge is 0.216 e. The van der Waals surface area contributed by atoms with Gasteiger partial charge in [0, 0.05) is 18.3 Å². The van der Waals surface area contributed by atoms with Crippen molar-refractivity contribution in [3.63, 3.8) is 0 Å². The summed E-state index contributed by atoms with van der Waals surface area (Å²) >= 11 is 0. The van der Waals surface area contributed by atoms with Gasteiger partial charge in [0.1, 0.15) is 12.4 Å². The van der Waals surface area contributed by atoms with E-state index in [1.807, 2.05) is 13.0 Å². The predicted molar refractivity (Wildman–Crippen MR) is 57.9 cm³/mol. The number of hydrogen-bond donors (Lipinski definition) is 0. The molecule has 0 saturated carbocycles. The highest BCUT2D eigenvalue weighted by molar-refractivity contribution is 5.07. The molecule has 0 aliphatic carbocycles. The van der Waals surface area contributed by atoms with Crippen LogP contribution in [0.1, 0.15) is 18.7 Å². The lowest BCUT2D eigenvalue weighted by Crippen LogP contribution is -2.30. The molecule has 0 spiro atoms. The Kier molecular flexibility index (Phi) is 3.16. The maximum atomic E-state index is 5.65. The summed E-state index contributed by atoms with van der Waals surface area (Å²) in [5.41, 5.74) is 0. The number of ether oxygens (including phenoxy) is 1. The van der Waals surface area contributed by atoms with Crippen molar-refractivity contribution in [3.8, 4) is 5.88 Å². The first-order valence-electron chi connectivity index (χ1n) is 5.38. The minimum Gasteiger partial charge on any atom is -0.476 e. The normalized spacial score (nSPS) is 21.9. The van der Waals surface area contributed by atoms with Crippen molar-refractivity contribution >= 4 is 0 Å². The summed E-state index contributed by atoms with van der Waals surface area (Å²) in [4.78, 5) is 10.6. The highest BCUT2D eigenvalue weighted by atomic mass is 16.5. The number of likely N-dealkylation sites (tertiary alicyclic amines) is 1. The van der Waals surface area contributed by atoms with Crippen molar-refractivity contribution in [3.05, 3.63) is 18.1 Å². The SMILES string of the molecule is Cc1nccc(OCC2CCCN2C)n1. The first kappa shape index (κ1) is 10.4. The number of hydrogen-bond acceptors (Lipinski definition) is 4. The summed E-state index contributed by atoms with van der Waals surface area (Å²) in [6.07, 6.45) is 4.23. The quantitative estimate of drug-likeness (QED) is 0.748. The molecule has 0 bridgehead atoms. The van der Waals surface area contributed by atoms with E-state index >= 15 is 0 Å². The van der Waals surface area contributed by atoms with E-state index in [9.17, 15) is 0 Å². The van der Waals surface area contributed by atoms with E-state index in [-0.39, 0.29) is 0 Å². The molecule has 1 aromatic rings. The molecule has 0 amide bonds. The number of nitrogens with zero attached hydrogens (tertiary/aromatic N) is 3. The van der Waals surface area contributed by atoms with Crippen LogP contribution in [0.25, 0.3) is 0 Å². The molecule has 0 aromatic carbocycles. The molecule has 1 unspecified atom stereocenters. The van der Waals surface area contributed by atoms with Gasteiger partial charge in [-0.1, -0.05) is 0 Å². The van der Waals surface area contributed by atoms with Crippen molar-refractivity contribution in [2.24, 2.45) is 0 Å². The van der Waals surface area contributed by atoms with Crippen molar-refractivity contribution in [1.82, 2.24) is 14.9 Å². The average molecular weight is 207 g/mol. The molecule has 0 radical (unpaired) electrons. The highest BCUT2D eigenvalue weighted by Crippen LogP contribution is 2.15. The lowest BCUT2D eigenvalue weighted by molar-refractivity contribution is 0.193. The van der Waals surface area contributed by atoms with Crippen LogP contribution in [-0.2, 0) is 0 Å². The second-order valence-electron chi connectivity index (χ2n) is 4.03. The Labute approximate surface area is 90.3 Å². The maximum Gasteiger partial charge on any atom is 0.216 e. The Hall–Kier alpha value is -1.16. The van der Waals surface area contributed by atoms with Crippen LogP contribution in [0.5, 0.6) is 5.88 Å². The second kappa shape index (κ2) is 4.57. The molecule has 1 atom stereocenters. The average Bonchev–Trinajstić information content (AvgIpc) is 2.61. The van der Waals surface area contributed by atoms with E-state index in [0.29, 0.717) is 11.9 Å². The zero-order valence-corrected chi connectivity index (χ0v) is 9.31. The zero-order valence-electron chi connectivity index (χ0n) is 9.31. The molecule has 1 aromatic heterocycles. The van der Waals surface area contributed by atoms with Crippen molar-refractivity contribution < 1.29 is 4.74 Å². The number of aromatic nitrogens is 2. The molecule has 1 fully saturated rings. The van der Waals surface area contributed by atoms with Gasteiger partial charge in [-0.25, -0.2) is 4.98 Å². The molecular weight excluding hydrogens is 190 g/mol. The summed E-state index contributed by atoms with van der Waals surface area (Å²) < 4.78 is 5.65. The van der Waals surface area contributed by atoms with Crippen molar-refractivity contribution in [2.45, 2.75) is 25.8 Å². The van der Waals surface area contributed by atoms with Gasteiger partial charge in [0.05, 0.1) is 0 Å². The van der Waals surface area contributed by atoms with E-state index in [4.69, 9.17) is 4.74 Å². The summed E-state index contributed by atoms with van der Waals surface area (Å²) in [5.74, 6) is 1.44. The van der Waals surface area contributed by atoms with E-state index in [1.165, 1.54) is 19.4 Å². The van der Waals surface area contributed by atoms with E-state index in [0.717, 1.165) is 12.4 Å². The summed E-state index contributed by atoms with van der Waals surface area (Å²) in [7, 11) is 2.15. The number of rotatable bonds is 3. The third-order valence-electron chi connectivity index (χ3n) is 2.85. The maximum absolute atomic E-state index is 5.65. The summed E-state index contributed by atoms with van der Waals surface area (Å²) in [6, 6.07) is 2.35. The van der Waals surface area contributed by atoms with Crippen LogP contribution in [-0.4, -0.2) is 41.1 Å². The van der Waals surface area contributed by atoms with Gasteiger partial charge in [-0.15, -0.1) is 0 Å². The van der Waals surface area contributed by atoms with Gasteiger partial charge in [-0.2, -0.15) is 4.98 Å². The number of aryl methyl sites for hydroxylation is 1. The van der Waals surface area contributed by atoms with Gasteiger partial charge in [-0.05, 0) is 33.4 Å². The van der Waals surface area contributed by atoms with E-state index in [1.54, 1.807) is 6.20 Å². The molecule has 0 N–H and O–H groups in total. The first-order chi connectivity index (χ1) is 7.25. The third-order valence-corrected chi connectivity index (χ3v) is 2.85. The predicted octanol–water partition coefficient (Wildman–Crippen LogP) is 1.26. The molecule has 4 heteroatoms. The zero-order chi connectivity index (χ0) is 10.7. The lowest BCUT2D eigenvalue weighted by Gasteiger charge is -2.19. The minimum atomic E-state index is 0.542.